The van der Waals surface area contributed by atoms with Crippen LogP contribution in [0.2, 0.25) is 5.02 Å². The molecule has 0 radical (unpaired) electrons. The Kier molecular flexibility index (Phi) is 4.79. The van der Waals surface area contributed by atoms with Crippen LogP contribution in [0, 0.1) is 0 Å². The van der Waals surface area contributed by atoms with Gasteiger partial charge in [-0.3, -0.25) is 4.79 Å². The van der Waals surface area contributed by atoms with Gasteiger partial charge >= 0.3 is 5.63 Å². The van der Waals surface area contributed by atoms with Crippen molar-refractivity contribution in [1.29, 1.82) is 0 Å². The maximum Gasteiger partial charge on any atom is 0.349 e. The van der Waals surface area contributed by atoms with Gasteiger partial charge in [0.25, 0.3) is 5.91 Å². The summed E-state index contributed by atoms with van der Waals surface area (Å²) >= 11 is 7.51. The number of halogens is 1. The molecular weight excluding hydrogens is 382 g/mol. The molecule has 4 aromatic rings. The Morgan fingerprint density at radius 2 is 1.81 bits per heavy atom. The summed E-state index contributed by atoms with van der Waals surface area (Å²) < 4.78 is 5.28. The predicted octanol–water partition coefficient (Wildman–Crippen LogP) is 5.03. The number of hydrogen-bond acceptors (Lipinski definition) is 4. The van der Waals surface area contributed by atoms with E-state index in [0.29, 0.717) is 16.0 Å². The second-order valence-corrected chi connectivity index (χ2v) is 7.37. The lowest BCUT2D eigenvalue weighted by molar-refractivity contribution is 0.0940. The smallest absolute Gasteiger partial charge is 0.349 e. The van der Waals surface area contributed by atoms with Crippen LogP contribution in [0.1, 0.15) is 26.8 Å². The zero-order valence-electron chi connectivity index (χ0n) is 14.0. The first kappa shape index (κ1) is 17.5. The molecule has 0 aliphatic rings. The Morgan fingerprint density at radius 3 is 2.56 bits per heavy atom. The van der Waals surface area contributed by atoms with Gasteiger partial charge in [-0.1, -0.05) is 48.0 Å². The molecule has 0 aliphatic heterocycles. The molecular formula is C21H14ClNO3S. The summed E-state index contributed by atoms with van der Waals surface area (Å²) in [6, 6.07) is 19.4. The van der Waals surface area contributed by atoms with E-state index in [1.54, 1.807) is 36.4 Å². The summed E-state index contributed by atoms with van der Waals surface area (Å²) in [5, 5.41) is 6.20. The molecule has 0 saturated carbocycles. The third-order valence-corrected chi connectivity index (χ3v) is 5.38. The zero-order chi connectivity index (χ0) is 18.8. The quantitative estimate of drug-likeness (QED) is 0.493. The highest BCUT2D eigenvalue weighted by atomic mass is 35.5. The monoisotopic (exact) mass is 395 g/mol. The van der Waals surface area contributed by atoms with E-state index in [2.05, 4.69) is 5.32 Å². The summed E-state index contributed by atoms with van der Waals surface area (Å²) in [4.78, 5) is 26.1. The van der Waals surface area contributed by atoms with Crippen molar-refractivity contribution in [1.82, 2.24) is 5.32 Å². The van der Waals surface area contributed by atoms with Crippen molar-refractivity contribution < 1.29 is 9.21 Å². The van der Waals surface area contributed by atoms with Gasteiger partial charge in [0.1, 0.15) is 11.1 Å². The van der Waals surface area contributed by atoms with Crippen LogP contribution in [0.15, 0.2) is 81.3 Å². The maximum absolute atomic E-state index is 12.9. The van der Waals surface area contributed by atoms with Crippen molar-refractivity contribution in [2.24, 2.45) is 0 Å². The molecule has 2 heterocycles. The molecule has 27 heavy (non-hydrogen) atoms. The SMILES string of the molecule is O=C(NC(c1ccc(Cl)cc1)c1cccs1)c1cc2ccccc2oc1=O. The molecule has 1 unspecified atom stereocenters. The first-order valence-electron chi connectivity index (χ1n) is 8.24. The Labute approximate surface area is 164 Å². The van der Waals surface area contributed by atoms with E-state index in [0.717, 1.165) is 10.4 Å². The average Bonchev–Trinajstić information content (AvgIpc) is 3.20. The Bertz CT molecular complexity index is 1150. The summed E-state index contributed by atoms with van der Waals surface area (Å²) in [6.07, 6.45) is 0. The van der Waals surface area contributed by atoms with Crippen molar-refractivity contribution in [2.45, 2.75) is 6.04 Å². The molecule has 2 aromatic carbocycles. The summed E-state index contributed by atoms with van der Waals surface area (Å²) in [6.45, 7) is 0. The summed E-state index contributed by atoms with van der Waals surface area (Å²) in [7, 11) is 0. The number of rotatable bonds is 4. The van der Waals surface area contributed by atoms with E-state index in [9.17, 15) is 9.59 Å². The molecule has 134 valence electrons. The van der Waals surface area contributed by atoms with Crippen LogP contribution in [0.5, 0.6) is 0 Å². The molecule has 0 fully saturated rings. The number of carbonyl (C=O) groups is 1. The minimum atomic E-state index is -0.660. The van der Waals surface area contributed by atoms with Crippen molar-refractivity contribution in [3.05, 3.63) is 104 Å². The molecule has 6 heteroatoms. The standard InChI is InChI=1S/C21H14ClNO3S/c22-15-9-7-13(8-10-15)19(18-6-3-11-27-18)23-20(24)16-12-14-4-1-2-5-17(14)26-21(16)25/h1-12,19H,(H,23,24). The van der Waals surface area contributed by atoms with Crippen LogP contribution in [0.3, 0.4) is 0 Å². The number of benzene rings is 2. The predicted molar refractivity (Wildman–Crippen MR) is 108 cm³/mol. The van der Waals surface area contributed by atoms with E-state index >= 15 is 0 Å². The number of nitrogens with one attached hydrogen (secondary N) is 1. The third-order valence-electron chi connectivity index (χ3n) is 4.19. The fraction of sp³-hybridized carbons (Fsp3) is 0.0476. The molecule has 4 nitrogen and oxygen atoms in total. The van der Waals surface area contributed by atoms with Crippen LogP contribution in [0.4, 0.5) is 0 Å². The molecule has 0 bridgehead atoms. The molecule has 1 amide bonds. The number of fused-ring (bicyclic) bond motifs is 1. The topological polar surface area (TPSA) is 59.3 Å². The molecule has 1 atom stereocenters. The van der Waals surface area contributed by atoms with Gasteiger partial charge in [0.05, 0.1) is 6.04 Å². The summed E-state index contributed by atoms with van der Waals surface area (Å²) in [5.41, 5.74) is 0.642. The van der Waals surface area contributed by atoms with Crippen molar-refractivity contribution in [3.8, 4) is 0 Å². The lowest BCUT2D eigenvalue weighted by atomic mass is 10.0. The number of thiophene rings is 1. The second kappa shape index (κ2) is 7.39. The molecule has 0 saturated heterocycles. The fourth-order valence-corrected chi connectivity index (χ4v) is 3.79. The second-order valence-electron chi connectivity index (χ2n) is 5.96. The van der Waals surface area contributed by atoms with Crippen LogP contribution >= 0.6 is 22.9 Å². The number of hydrogen-bond donors (Lipinski definition) is 1. The molecule has 0 spiro atoms. The number of amides is 1. The largest absolute Gasteiger partial charge is 0.422 e. The highest BCUT2D eigenvalue weighted by molar-refractivity contribution is 7.10. The lowest BCUT2D eigenvalue weighted by Crippen LogP contribution is -2.32. The van der Waals surface area contributed by atoms with Gasteiger partial charge in [-0.2, -0.15) is 0 Å². The van der Waals surface area contributed by atoms with E-state index in [1.165, 1.54) is 11.3 Å². The van der Waals surface area contributed by atoms with Crippen LogP contribution in [0.25, 0.3) is 11.0 Å². The minimum Gasteiger partial charge on any atom is -0.422 e. The van der Waals surface area contributed by atoms with Gasteiger partial charge in [-0.25, -0.2) is 4.79 Å². The van der Waals surface area contributed by atoms with Gasteiger partial charge in [-0.15, -0.1) is 11.3 Å². The first-order valence-corrected chi connectivity index (χ1v) is 9.50. The van der Waals surface area contributed by atoms with Crippen LogP contribution in [-0.2, 0) is 0 Å². The average molecular weight is 396 g/mol. The van der Waals surface area contributed by atoms with Gasteiger partial charge in [0.2, 0.25) is 0 Å². The number of carbonyl (C=O) groups excluding carboxylic acids is 1. The van der Waals surface area contributed by atoms with Gasteiger partial charge in [0, 0.05) is 15.3 Å². The van der Waals surface area contributed by atoms with Gasteiger partial charge < -0.3 is 9.73 Å². The van der Waals surface area contributed by atoms with Gasteiger partial charge in [-0.05, 0) is 41.3 Å². The first-order chi connectivity index (χ1) is 13.1. The Balaban J connectivity index is 1.71. The van der Waals surface area contributed by atoms with Gasteiger partial charge in [0.15, 0.2) is 0 Å². The molecule has 0 aliphatic carbocycles. The Hall–Kier alpha value is -2.89. The lowest BCUT2D eigenvalue weighted by Gasteiger charge is -2.18. The third kappa shape index (κ3) is 3.65. The zero-order valence-corrected chi connectivity index (χ0v) is 15.6. The number of para-hydroxylation sites is 1. The fourth-order valence-electron chi connectivity index (χ4n) is 2.86. The Morgan fingerprint density at radius 1 is 1.04 bits per heavy atom. The summed E-state index contributed by atoms with van der Waals surface area (Å²) in [5.74, 6) is -0.483. The molecule has 1 N–H and O–H groups in total. The van der Waals surface area contributed by atoms with Crippen molar-refractivity contribution in [2.75, 3.05) is 0 Å². The highest BCUT2D eigenvalue weighted by Crippen LogP contribution is 2.27. The van der Waals surface area contributed by atoms with E-state index < -0.39 is 11.5 Å². The minimum absolute atomic E-state index is 0.0239. The van der Waals surface area contributed by atoms with E-state index in [-0.39, 0.29) is 11.6 Å². The maximum atomic E-state index is 12.9. The normalized spacial score (nSPS) is 12.0. The molecule has 4 rings (SSSR count). The van der Waals surface area contributed by atoms with Crippen LogP contribution < -0.4 is 10.9 Å². The highest BCUT2D eigenvalue weighted by Gasteiger charge is 2.21. The van der Waals surface area contributed by atoms with Crippen LogP contribution in [-0.4, -0.2) is 5.91 Å². The van der Waals surface area contributed by atoms with Crippen molar-refractivity contribution in [3.63, 3.8) is 0 Å². The van der Waals surface area contributed by atoms with E-state index in [4.69, 9.17) is 16.0 Å². The molecule has 2 aromatic heterocycles. The van der Waals surface area contributed by atoms with Crippen molar-refractivity contribution >= 4 is 39.8 Å². The van der Waals surface area contributed by atoms with E-state index in [1.807, 2.05) is 35.7 Å².